The Morgan fingerprint density at radius 1 is 1.57 bits per heavy atom. The number of nitrogens with zero attached hydrogens (tertiary/aromatic N) is 3. The molecule has 0 amide bonds. The monoisotopic (exact) mass is 256 g/mol. The van der Waals surface area contributed by atoms with Crippen LogP contribution in [-0.4, -0.2) is 14.9 Å². The SMILES string of the molecule is Cc1c(-c2cnn(C)c2Br)noc1N. The Balaban J connectivity index is 2.60. The highest BCUT2D eigenvalue weighted by Gasteiger charge is 2.16. The molecule has 6 heteroatoms. The van der Waals surface area contributed by atoms with Crippen molar-refractivity contribution in [2.75, 3.05) is 5.73 Å². The van der Waals surface area contributed by atoms with Crippen LogP contribution in [0.3, 0.4) is 0 Å². The Morgan fingerprint density at radius 2 is 2.29 bits per heavy atom. The summed E-state index contributed by atoms with van der Waals surface area (Å²) in [6.45, 7) is 1.86. The molecule has 5 nitrogen and oxygen atoms in total. The lowest BCUT2D eigenvalue weighted by Gasteiger charge is -1.94. The summed E-state index contributed by atoms with van der Waals surface area (Å²) >= 11 is 3.41. The predicted octanol–water partition coefficient (Wildman–Crippen LogP) is 1.73. The summed E-state index contributed by atoms with van der Waals surface area (Å²) in [7, 11) is 1.84. The number of aromatic nitrogens is 3. The molecule has 0 aliphatic carbocycles. The zero-order valence-electron chi connectivity index (χ0n) is 7.78. The lowest BCUT2D eigenvalue weighted by Crippen LogP contribution is -1.89. The average Bonchev–Trinajstić information content (AvgIpc) is 2.63. The minimum atomic E-state index is 0.343. The summed E-state index contributed by atoms with van der Waals surface area (Å²) in [6, 6.07) is 0. The number of hydrogen-bond donors (Lipinski definition) is 1. The number of rotatable bonds is 1. The smallest absolute Gasteiger partial charge is 0.225 e. The topological polar surface area (TPSA) is 69.9 Å². The second-order valence-corrected chi connectivity index (χ2v) is 3.74. The van der Waals surface area contributed by atoms with Crippen LogP contribution in [0.15, 0.2) is 15.3 Å². The summed E-state index contributed by atoms with van der Waals surface area (Å²) < 4.78 is 7.45. The van der Waals surface area contributed by atoms with Crippen LogP contribution in [0.1, 0.15) is 5.56 Å². The summed E-state index contributed by atoms with van der Waals surface area (Å²) in [5, 5.41) is 7.97. The van der Waals surface area contributed by atoms with Crippen LogP contribution >= 0.6 is 15.9 Å². The zero-order chi connectivity index (χ0) is 10.3. The fraction of sp³-hybridized carbons (Fsp3) is 0.250. The fourth-order valence-corrected chi connectivity index (χ4v) is 1.56. The van der Waals surface area contributed by atoms with Crippen LogP contribution in [0, 0.1) is 6.92 Å². The van der Waals surface area contributed by atoms with Crippen LogP contribution in [0.2, 0.25) is 0 Å². The molecule has 0 radical (unpaired) electrons. The molecule has 0 bridgehead atoms. The Hall–Kier alpha value is -1.30. The largest absolute Gasteiger partial charge is 0.367 e. The highest BCUT2D eigenvalue weighted by molar-refractivity contribution is 9.10. The Labute approximate surface area is 89.0 Å². The van der Waals surface area contributed by atoms with Gasteiger partial charge in [-0.15, -0.1) is 0 Å². The Bertz CT molecular complexity index is 429. The number of halogens is 1. The molecule has 0 aromatic carbocycles. The van der Waals surface area contributed by atoms with E-state index >= 15 is 0 Å². The van der Waals surface area contributed by atoms with Gasteiger partial charge in [0.15, 0.2) is 0 Å². The van der Waals surface area contributed by atoms with Gasteiger partial charge in [-0.2, -0.15) is 5.10 Å². The molecule has 0 unspecified atom stereocenters. The van der Waals surface area contributed by atoms with Crippen molar-refractivity contribution >= 4 is 21.8 Å². The minimum absolute atomic E-state index is 0.343. The number of aryl methyl sites for hydroxylation is 1. The third-order valence-electron chi connectivity index (χ3n) is 2.08. The van der Waals surface area contributed by atoms with Gasteiger partial charge in [0, 0.05) is 12.6 Å². The maximum absolute atomic E-state index is 5.56. The summed E-state index contributed by atoms with van der Waals surface area (Å²) in [6.07, 6.45) is 1.72. The first kappa shape index (κ1) is 9.26. The van der Waals surface area contributed by atoms with Crippen LogP contribution in [-0.2, 0) is 7.05 Å². The van der Waals surface area contributed by atoms with Crippen molar-refractivity contribution in [3.63, 3.8) is 0 Å². The van der Waals surface area contributed by atoms with Gasteiger partial charge in [0.05, 0.1) is 11.8 Å². The van der Waals surface area contributed by atoms with Crippen molar-refractivity contribution in [2.45, 2.75) is 6.92 Å². The molecule has 0 aliphatic heterocycles. The molecule has 2 N–H and O–H groups in total. The first-order chi connectivity index (χ1) is 6.61. The standard InChI is InChI=1S/C8H9BrN4O/c1-4-6(12-14-8(4)10)5-3-11-13(2)7(5)9/h3H,10H2,1-2H3. The van der Waals surface area contributed by atoms with E-state index in [1.165, 1.54) is 0 Å². The van der Waals surface area contributed by atoms with Crippen molar-refractivity contribution in [2.24, 2.45) is 7.05 Å². The van der Waals surface area contributed by atoms with Crippen LogP contribution in [0.25, 0.3) is 11.3 Å². The maximum Gasteiger partial charge on any atom is 0.225 e. The van der Waals surface area contributed by atoms with Crippen molar-refractivity contribution in [1.82, 2.24) is 14.9 Å². The minimum Gasteiger partial charge on any atom is -0.367 e. The first-order valence-electron chi connectivity index (χ1n) is 4.01. The van der Waals surface area contributed by atoms with Gasteiger partial charge in [-0.25, -0.2) is 0 Å². The Morgan fingerprint density at radius 3 is 2.71 bits per heavy atom. The van der Waals surface area contributed by atoms with Crippen LogP contribution < -0.4 is 5.73 Å². The molecule has 14 heavy (non-hydrogen) atoms. The van der Waals surface area contributed by atoms with Gasteiger partial charge in [0.25, 0.3) is 0 Å². The maximum atomic E-state index is 5.56. The van der Waals surface area contributed by atoms with Gasteiger partial charge in [0.1, 0.15) is 10.3 Å². The summed E-state index contributed by atoms with van der Waals surface area (Å²) in [5.41, 5.74) is 8.00. The van der Waals surface area contributed by atoms with Crippen molar-refractivity contribution in [3.8, 4) is 11.3 Å². The highest BCUT2D eigenvalue weighted by Crippen LogP contribution is 2.31. The van der Waals surface area contributed by atoms with Crippen molar-refractivity contribution < 1.29 is 4.52 Å². The van der Waals surface area contributed by atoms with E-state index in [9.17, 15) is 0 Å². The van der Waals surface area contributed by atoms with Crippen molar-refractivity contribution in [3.05, 3.63) is 16.4 Å². The molecule has 2 aromatic heterocycles. The normalized spacial score (nSPS) is 10.8. The van der Waals surface area contributed by atoms with E-state index < -0.39 is 0 Å². The molecule has 0 fully saturated rings. The van der Waals surface area contributed by atoms with Gasteiger partial charge in [0.2, 0.25) is 5.88 Å². The molecular formula is C8H9BrN4O. The zero-order valence-corrected chi connectivity index (χ0v) is 9.37. The van der Waals surface area contributed by atoms with Gasteiger partial charge in [-0.1, -0.05) is 5.16 Å². The van der Waals surface area contributed by atoms with Crippen LogP contribution in [0.5, 0.6) is 0 Å². The molecule has 0 spiro atoms. The van der Waals surface area contributed by atoms with Crippen LogP contribution in [0.4, 0.5) is 5.88 Å². The first-order valence-corrected chi connectivity index (χ1v) is 4.80. The van der Waals surface area contributed by atoms with E-state index in [0.717, 1.165) is 21.4 Å². The average molecular weight is 257 g/mol. The van der Waals surface area contributed by atoms with E-state index in [-0.39, 0.29) is 0 Å². The third-order valence-corrected chi connectivity index (χ3v) is 3.02. The summed E-state index contributed by atoms with van der Waals surface area (Å²) in [5.74, 6) is 0.343. The Kier molecular flexibility index (Phi) is 2.07. The molecule has 0 saturated carbocycles. The number of nitrogen functional groups attached to an aromatic ring is 1. The van der Waals surface area contributed by atoms with Gasteiger partial charge < -0.3 is 10.3 Å². The summed E-state index contributed by atoms with van der Waals surface area (Å²) in [4.78, 5) is 0. The fourth-order valence-electron chi connectivity index (χ4n) is 1.18. The quantitative estimate of drug-likeness (QED) is 0.844. The van der Waals surface area contributed by atoms with Gasteiger partial charge in [-0.3, -0.25) is 4.68 Å². The number of nitrogens with two attached hydrogens (primary N) is 1. The van der Waals surface area contributed by atoms with E-state index in [1.807, 2.05) is 14.0 Å². The molecule has 2 aromatic rings. The molecule has 2 heterocycles. The van der Waals surface area contributed by atoms with Crippen molar-refractivity contribution in [1.29, 1.82) is 0 Å². The van der Waals surface area contributed by atoms with Gasteiger partial charge in [-0.05, 0) is 22.9 Å². The molecule has 0 aliphatic rings. The molecule has 2 rings (SSSR count). The molecular weight excluding hydrogens is 248 g/mol. The number of hydrogen-bond acceptors (Lipinski definition) is 4. The van der Waals surface area contributed by atoms with E-state index in [4.69, 9.17) is 10.3 Å². The number of anilines is 1. The van der Waals surface area contributed by atoms with E-state index in [0.29, 0.717) is 5.88 Å². The molecule has 0 saturated heterocycles. The lowest BCUT2D eigenvalue weighted by molar-refractivity contribution is 0.439. The second kappa shape index (κ2) is 3.13. The van der Waals surface area contributed by atoms with Gasteiger partial charge >= 0.3 is 0 Å². The predicted molar refractivity (Wildman–Crippen MR) is 55.6 cm³/mol. The lowest BCUT2D eigenvalue weighted by atomic mass is 10.2. The second-order valence-electron chi connectivity index (χ2n) is 2.99. The molecule has 0 atom stereocenters. The third kappa shape index (κ3) is 1.22. The van der Waals surface area contributed by atoms with E-state index in [1.54, 1.807) is 10.9 Å². The highest BCUT2D eigenvalue weighted by atomic mass is 79.9. The van der Waals surface area contributed by atoms with E-state index in [2.05, 4.69) is 26.2 Å². The molecule has 74 valence electrons.